The second-order valence-corrected chi connectivity index (χ2v) is 5.57. The highest BCUT2D eigenvalue weighted by atomic mass is 35.5. The Morgan fingerprint density at radius 3 is 2.59 bits per heavy atom. The number of nitrogens with zero attached hydrogens (tertiary/aromatic N) is 1. The highest BCUT2D eigenvalue weighted by molar-refractivity contribution is 7.14. The zero-order valence-corrected chi connectivity index (χ0v) is 11.6. The van der Waals surface area contributed by atoms with Gasteiger partial charge in [-0.3, -0.25) is 4.79 Å². The summed E-state index contributed by atoms with van der Waals surface area (Å²) in [5.41, 5.74) is 1.15. The molecule has 0 amide bonds. The van der Waals surface area contributed by atoms with Crippen LogP contribution in [0.1, 0.15) is 25.9 Å². The average Bonchev–Trinajstić information content (AvgIpc) is 2.61. The highest BCUT2D eigenvalue weighted by Gasteiger charge is 2.19. The minimum Gasteiger partial charge on any atom is -0.288 e. The fourth-order valence-corrected chi connectivity index (χ4v) is 2.80. The van der Waals surface area contributed by atoms with Crippen LogP contribution in [0, 0.1) is 13.8 Å². The molecule has 0 saturated heterocycles. The van der Waals surface area contributed by atoms with Gasteiger partial charge in [-0.1, -0.05) is 29.3 Å². The third-order valence-electron chi connectivity index (χ3n) is 2.31. The van der Waals surface area contributed by atoms with Gasteiger partial charge < -0.3 is 0 Å². The Labute approximate surface area is 113 Å². The Bertz CT molecular complexity index is 592. The molecular formula is C12H9Cl2NOS. The number of ketones is 1. The van der Waals surface area contributed by atoms with Crippen LogP contribution in [0.25, 0.3) is 0 Å². The van der Waals surface area contributed by atoms with Crippen LogP contribution in [0.3, 0.4) is 0 Å². The molecule has 1 aromatic carbocycles. The molecular weight excluding hydrogens is 277 g/mol. The summed E-state index contributed by atoms with van der Waals surface area (Å²) in [5, 5.41) is 1.55. The number of aromatic nitrogens is 1. The summed E-state index contributed by atoms with van der Waals surface area (Å²) in [7, 11) is 0. The van der Waals surface area contributed by atoms with E-state index in [2.05, 4.69) is 4.98 Å². The first-order valence-electron chi connectivity index (χ1n) is 4.93. The molecule has 17 heavy (non-hydrogen) atoms. The monoisotopic (exact) mass is 285 g/mol. The van der Waals surface area contributed by atoms with Crippen molar-refractivity contribution in [2.24, 2.45) is 0 Å². The summed E-state index contributed by atoms with van der Waals surface area (Å²) < 4.78 is 0. The minimum atomic E-state index is -0.124. The predicted octanol–water partition coefficient (Wildman–Crippen LogP) is 4.30. The fraction of sp³-hybridized carbons (Fsp3) is 0.167. The van der Waals surface area contributed by atoms with Crippen molar-refractivity contribution in [2.45, 2.75) is 13.8 Å². The number of hydrogen-bond acceptors (Lipinski definition) is 3. The zero-order valence-electron chi connectivity index (χ0n) is 9.25. The molecule has 0 aliphatic rings. The molecule has 1 heterocycles. The lowest BCUT2D eigenvalue weighted by Gasteiger charge is -2.03. The van der Waals surface area contributed by atoms with Crippen molar-refractivity contribution in [1.82, 2.24) is 4.98 Å². The van der Waals surface area contributed by atoms with Crippen molar-refractivity contribution >= 4 is 40.3 Å². The minimum absolute atomic E-state index is 0.124. The number of halogens is 2. The largest absolute Gasteiger partial charge is 0.288 e. The number of hydrogen-bond donors (Lipinski definition) is 0. The van der Waals surface area contributed by atoms with Gasteiger partial charge in [0.05, 0.1) is 25.6 Å². The first-order valence-corrected chi connectivity index (χ1v) is 6.50. The second kappa shape index (κ2) is 4.77. The van der Waals surface area contributed by atoms with Crippen LogP contribution in [-0.4, -0.2) is 10.8 Å². The summed E-state index contributed by atoms with van der Waals surface area (Å²) in [4.78, 5) is 17.1. The molecule has 0 aliphatic carbocycles. The van der Waals surface area contributed by atoms with E-state index < -0.39 is 0 Å². The van der Waals surface area contributed by atoms with Crippen molar-refractivity contribution < 1.29 is 4.79 Å². The predicted molar refractivity (Wildman–Crippen MR) is 71.5 cm³/mol. The maximum atomic E-state index is 12.3. The summed E-state index contributed by atoms with van der Waals surface area (Å²) >= 11 is 13.3. The summed E-state index contributed by atoms with van der Waals surface area (Å²) in [6, 6.07) is 5.04. The Hall–Kier alpha value is -0.900. The van der Waals surface area contributed by atoms with Crippen LogP contribution in [0.4, 0.5) is 0 Å². The summed E-state index contributed by atoms with van der Waals surface area (Å²) in [6.45, 7) is 3.68. The Kier molecular flexibility index (Phi) is 3.52. The van der Waals surface area contributed by atoms with Gasteiger partial charge in [-0.15, -0.1) is 11.3 Å². The van der Waals surface area contributed by atoms with E-state index in [1.54, 1.807) is 18.2 Å². The molecule has 0 N–H and O–H groups in total. The number of aryl methyl sites for hydroxylation is 2. The van der Waals surface area contributed by atoms with Gasteiger partial charge in [0.15, 0.2) is 0 Å². The SMILES string of the molecule is Cc1nc(C)c(C(=O)c2cccc(Cl)c2Cl)s1. The maximum Gasteiger partial charge on any atom is 0.206 e. The third kappa shape index (κ3) is 2.37. The number of carbonyl (C=O) groups is 1. The Morgan fingerprint density at radius 1 is 1.29 bits per heavy atom. The van der Waals surface area contributed by atoms with Crippen LogP contribution in [0.15, 0.2) is 18.2 Å². The summed E-state index contributed by atoms with van der Waals surface area (Å²) in [5.74, 6) is -0.124. The Balaban J connectivity index is 2.51. The molecule has 2 rings (SSSR count). The van der Waals surface area contributed by atoms with Crippen LogP contribution in [0.2, 0.25) is 10.0 Å². The van der Waals surface area contributed by atoms with E-state index in [0.717, 1.165) is 10.7 Å². The van der Waals surface area contributed by atoms with Crippen LogP contribution >= 0.6 is 34.5 Å². The molecule has 0 radical (unpaired) electrons. The van der Waals surface area contributed by atoms with Crippen molar-refractivity contribution in [3.05, 3.63) is 49.4 Å². The number of benzene rings is 1. The van der Waals surface area contributed by atoms with Gasteiger partial charge >= 0.3 is 0 Å². The molecule has 5 heteroatoms. The topological polar surface area (TPSA) is 30.0 Å². The van der Waals surface area contributed by atoms with Crippen LogP contribution < -0.4 is 0 Å². The molecule has 0 fully saturated rings. The molecule has 2 nitrogen and oxygen atoms in total. The van der Waals surface area contributed by atoms with Crippen molar-refractivity contribution in [2.75, 3.05) is 0 Å². The fourth-order valence-electron chi connectivity index (χ4n) is 1.54. The van der Waals surface area contributed by atoms with E-state index in [1.165, 1.54) is 11.3 Å². The van der Waals surface area contributed by atoms with Gasteiger partial charge in [-0.25, -0.2) is 4.98 Å². The Morgan fingerprint density at radius 2 is 2.00 bits per heavy atom. The summed E-state index contributed by atoms with van der Waals surface area (Å²) in [6.07, 6.45) is 0. The zero-order chi connectivity index (χ0) is 12.6. The third-order valence-corrected chi connectivity index (χ3v) is 4.20. The molecule has 88 valence electrons. The van der Waals surface area contributed by atoms with Gasteiger partial charge in [-0.05, 0) is 26.0 Å². The normalized spacial score (nSPS) is 10.6. The van der Waals surface area contributed by atoms with E-state index in [9.17, 15) is 4.79 Å². The average molecular weight is 286 g/mol. The lowest BCUT2D eigenvalue weighted by molar-refractivity contribution is 0.104. The quantitative estimate of drug-likeness (QED) is 0.770. The lowest BCUT2D eigenvalue weighted by atomic mass is 10.1. The first-order chi connectivity index (χ1) is 8.00. The lowest BCUT2D eigenvalue weighted by Crippen LogP contribution is -2.01. The van der Waals surface area contributed by atoms with Gasteiger partial charge in [0.25, 0.3) is 0 Å². The smallest absolute Gasteiger partial charge is 0.206 e. The van der Waals surface area contributed by atoms with Crippen molar-refractivity contribution in [3.8, 4) is 0 Å². The van der Waals surface area contributed by atoms with Crippen LogP contribution in [0.5, 0.6) is 0 Å². The van der Waals surface area contributed by atoms with Gasteiger partial charge in [0.1, 0.15) is 0 Å². The van der Waals surface area contributed by atoms with E-state index >= 15 is 0 Å². The first kappa shape index (κ1) is 12.6. The van der Waals surface area contributed by atoms with Gasteiger partial charge in [0, 0.05) is 5.56 Å². The number of rotatable bonds is 2. The maximum absolute atomic E-state index is 12.3. The molecule has 0 spiro atoms. The van der Waals surface area contributed by atoms with Crippen molar-refractivity contribution in [3.63, 3.8) is 0 Å². The highest BCUT2D eigenvalue weighted by Crippen LogP contribution is 2.29. The molecule has 0 saturated carbocycles. The van der Waals surface area contributed by atoms with E-state index in [4.69, 9.17) is 23.2 Å². The standard InChI is InChI=1S/C12H9Cl2NOS/c1-6-12(17-7(2)15-6)11(16)8-4-3-5-9(13)10(8)14/h3-5H,1-2H3. The molecule has 1 aromatic heterocycles. The van der Waals surface area contributed by atoms with Crippen LogP contribution in [-0.2, 0) is 0 Å². The molecule has 0 atom stereocenters. The second-order valence-electron chi connectivity index (χ2n) is 3.58. The van der Waals surface area contributed by atoms with Gasteiger partial charge in [0.2, 0.25) is 5.78 Å². The van der Waals surface area contributed by atoms with Crippen molar-refractivity contribution in [1.29, 1.82) is 0 Å². The van der Waals surface area contributed by atoms with E-state index in [0.29, 0.717) is 20.5 Å². The molecule has 0 aliphatic heterocycles. The number of carbonyl (C=O) groups excluding carboxylic acids is 1. The van der Waals surface area contributed by atoms with E-state index in [1.807, 2.05) is 13.8 Å². The van der Waals surface area contributed by atoms with Gasteiger partial charge in [-0.2, -0.15) is 0 Å². The molecule has 2 aromatic rings. The molecule has 0 bridgehead atoms. The van der Waals surface area contributed by atoms with E-state index in [-0.39, 0.29) is 5.78 Å². The number of thiazole rings is 1. The molecule has 0 unspecified atom stereocenters.